The summed E-state index contributed by atoms with van der Waals surface area (Å²) >= 11 is 0. The van der Waals surface area contributed by atoms with E-state index >= 15 is 0 Å². The van der Waals surface area contributed by atoms with Gasteiger partial charge >= 0.3 is 5.97 Å². The number of nitrogens with two attached hydrogens (primary N) is 1. The van der Waals surface area contributed by atoms with E-state index in [1.807, 2.05) is 38.1 Å². The van der Waals surface area contributed by atoms with Crippen LogP contribution in [0.2, 0.25) is 0 Å². The van der Waals surface area contributed by atoms with E-state index in [0.717, 1.165) is 11.1 Å². The molecule has 2 unspecified atom stereocenters. The van der Waals surface area contributed by atoms with E-state index in [4.69, 9.17) is 10.8 Å². The van der Waals surface area contributed by atoms with Crippen molar-refractivity contribution in [2.24, 2.45) is 5.73 Å². The van der Waals surface area contributed by atoms with Crippen molar-refractivity contribution >= 4 is 5.97 Å². The van der Waals surface area contributed by atoms with Crippen molar-refractivity contribution in [2.75, 3.05) is 0 Å². The number of carbonyl (C=O) groups is 1. The Hall–Kier alpha value is -1.35. The molecular weight excluding hydrogens is 190 g/mol. The molecule has 15 heavy (non-hydrogen) atoms. The highest BCUT2D eigenvalue weighted by molar-refractivity contribution is 5.78. The van der Waals surface area contributed by atoms with Gasteiger partial charge in [-0.15, -0.1) is 0 Å². The third-order valence-corrected chi connectivity index (χ3v) is 2.56. The quantitative estimate of drug-likeness (QED) is 0.742. The lowest BCUT2D eigenvalue weighted by Gasteiger charge is -2.03. The van der Waals surface area contributed by atoms with E-state index in [1.165, 1.54) is 0 Å². The second kappa shape index (κ2) is 4.94. The first-order valence-corrected chi connectivity index (χ1v) is 5.27. The van der Waals surface area contributed by atoms with E-state index in [9.17, 15) is 4.79 Å². The summed E-state index contributed by atoms with van der Waals surface area (Å²) in [6, 6.07) is 7.39. The van der Waals surface area contributed by atoms with Crippen LogP contribution in [0.15, 0.2) is 24.3 Å². The molecule has 0 heterocycles. The minimum atomic E-state index is -0.777. The molecule has 82 valence electrons. The summed E-state index contributed by atoms with van der Waals surface area (Å²) in [5.74, 6) is -1.19. The van der Waals surface area contributed by atoms with Crippen LogP contribution in [0.3, 0.4) is 0 Å². The van der Waals surface area contributed by atoms with Crippen molar-refractivity contribution in [2.45, 2.75) is 32.2 Å². The molecule has 3 nitrogen and oxygen atoms in total. The van der Waals surface area contributed by atoms with Gasteiger partial charge in [0.25, 0.3) is 0 Å². The lowest BCUT2D eigenvalue weighted by molar-refractivity contribution is -0.138. The van der Waals surface area contributed by atoms with Gasteiger partial charge in [0, 0.05) is 6.04 Å². The maximum atomic E-state index is 10.9. The number of aliphatic carboxylic acids is 1. The lowest BCUT2D eigenvalue weighted by Crippen LogP contribution is -2.10. The van der Waals surface area contributed by atoms with E-state index in [-0.39, 0.29) is 6.04 Å². The van der Waals surface area contributed by atoms with Crippen LogP contribution in [0.5, 0.6) is 0 Å². The number of fused-ring (bicyclic) bond motifs is 1. The molecule has 2 atom stereocenters. The molecule has 3 N–H and O–H groups in total. The second-order valence-electron chi connectivity index (χ2n) is 3.36. The molecule has 1 aromatic carbocycles. The third kappa shape index (κ3) is 2.18. The molecule has 2 rings (SSSR count). The Bertz CT molecular complexity index is 349. The van der Waals surface area contributed by atoms with E-state index in [0.29, 0.717) is 6.42 Å². The number of benzene rings is 1. The highest BCUT2D eigenvalue weighted by atomic mass is 16.4. The SMILES string of the molecule is CC.NC1CC(C(=O)O)c2ccccc21. The van der Waals surface area contributed by atoms with Crippen molar-refractivity contribution in [1.29, 1.82) is 0 Å². The molecule has 3 heteroatoms. The fraction of sp³-hybridized carbons (Fsp3) is 0.417. The molecule has 0 aromatic heterocycles. The number of rotatable bonds is 1. The van der Waals surface area contributed by atoms with E-state index < -0.39 is 11.9 Å². The van der Waals surface area contributed by atoms with Gasteiger partial charge in [0.2, 0.25) is 0 Å². The fourth-order valence-corrected chi connectivity index (χ4v) is 1.91. The zero-order chi connectivity index (χ0) is 11.4. The van der Waals surface area contributed by atoms with Gasteiger partial charge < -0.3 is 10.8 Å². The summed E-state index contributed by atoms with van der Waals surface area (Å²) in [7, 11) is 0. The van der Waals surface area contributed by atoms with Crippen molar-refractivity contribution in [3.8, 4) is 0 Å². The van der Waals surface area contributed by atoms with Crippen molar-refractivity contribution in [1.82, 2.24) is 0 Å². The Morgan fingerprint density at radius 3 is 2.40 bits per heavy atom. The highest BCUT2D eigenvalue weighted by Gasteiger charge is 2.32. The van der Waals surface area contributed by atoms with Gasteiger partial charge in [-0.25, -0.2) is 0 Å². The minimum Gasteiger partial charge on any atom is -0.481 e. The molecular formula is C12H17NO2. The van der Waals surface area contributed by atoms with Gasteiger partial charge in [-0.1, -0.05) is 38.1 Å². The van der Waals surface area contributed by atoms with Crippen LogP contribution < -0.4 is 5.73 Å². The molecule has 0 aliphatic heterocycles. The van der Waals surface area contributed by atoms with Crippen LogP contribution in [-0.4, -0.2) is 11.1 Å². The maximum Gasteiger partial charge on any atom is 0.311 e. The zero-order valence-electron chi connectivity index (χ0n) is 9.10. The smallest absolute Gasteiger partial charge is 0.311 e. The molecule has 1 aliphatic carbocycles. The Labute approximate surface area is 89.9 Å². The number of hydrogen-bond acceptors (Lipinski definition) is 2. The molecule has 0 radical (unpaired) electrons. The molecule has 0 saturated heterocycles. The fourth-order valence-electron chi connectivity index (χ4n) is 1.91. The van der Waals surface area contributed by atoms with E-state index in [2.05, 4.69) is 0 Å². The summed E-state index contributed by atoms with van der Waals surface area (Å²) in [5.41, 5.74) is 7.67. The van der Waals surface area contributed by atoms with Crippen LogP contribution in [0.25, 0.3) is 0 Å². The summed E-state index contributed by atoms with van der Waals surface area (Å²) in [5, 5.41) is 8.92. The van der Waals surface area contributed by atoms with Gasteiger partial charge in [0.05, 0.1) is 5.92 Å². The Morgan fingerprint density at radius 1 is 1.33 bits per heavy atom. The van der Waals surface area contributed by atoms with Crippen LogP contribution in [0.4, 0.5) is 0 Å². The summed E-state index contributed by atoms with van der Waals surface area (Å²) in [6.45, 7) is 4.00. The zero-order valence-corrected chi connectivity index (χ0v) is 9.10. The van der Waals surface area contributed by atoms with Gasteiger partial charge in [-0.2, -0.15) is 0 Å². The van der Waals surface area contributed by atoms with Crippen molar-refractivity contribution in [3.05, 3.63) is 35.4 Å². The van der Waals surface area contributed by atoms with Gasteiger partial charge in [0.1, 0.15) is 0 Å². The number of carboxylic acid groups (broad SMARTS) is 1. The average molecular weight is 207 g/mol. The maximum absolute atomic E-state index is 10.9. The number of carboxylic acids is 1. The standard InChI is InChI=1S/C10H11NO2.C2H6/c11-9-5-8(10(12)13)6-3-1-2-4-7(6)9;1-2/h1-4,8-9H,5,11H2,(H,12,13);1-2H3. The first-order valence-electron chi connectivity index (χ1n) is 5.27. The first-order chi connectivity index (χ1) is 7.20. The predicted molar refractivity (Wildman–Crippen MR) is 59.7 cm³/mol. The minimum absolute atomic E-state index is 0.114. The second-order valence-corrected chi connectivity index (χ2v) is 3.36. The number of hydrogen-bond donors (Lipinski definition) is 2. The lowest BCUT2D eigenvalue weighted by atomic mass is 10.0. The van der Waals surface area contributed by atoms with Crippen LogP contribution >= 0.6 is 0 Å². The van der Waals surface area contributed by atoms with E-state index in [1.54, 1.807) is 0 Å². The largest absolute Gasteiger partial charge is 0.481 e. The average Bonchev–Trinajstić information content (AvgIpc) is 2.60. The normalized spacial score (nSPS) is 22.6. The summed E-state index contributed by atoms with van der Waals surface area (Å²) in [6.07, 6.45) is 0.523. The van der Waals surface area contributed by atoms with Crippen LogP contribution in [-0.2, 0) is 4.79 Å². The molecule has 0 amide bonds. The molecule has 0 saturated carbocycles. The van der Waals surface area contributed by atoms with Crippen LogP contribution in [0, 0.1) is 0 Å². The van der Waals surface area contributed by atoms with Gasteiger partial charge in [0.15, 0.2) is 0 Å². The highest BCUT2D eigenvalue weighted by Crippen LogP contribution is 2.38. The summed E-state index contributed by atoms with van der Waals surface area (Å²) in [4.78, 5) is 10.9. The molecule has 0 bridgehead atoms. The van der Waals surface area contributed by atoms with Gasteiger partial charge in [-0.3, -0.25) is 4.79 Å². The van der Waals surface area contributed by atoms with Crippen LogP contribution in [0.1, 0.15) is 43.4 Å². The van der Waals surface area contributed by atoms with Crippen molar-refractivity contribution in [3.63, 3.8) is 0 Å². The molecule has 0 fully saturated rings. The third-order valence-electron chi connectivity index (χ3n) is 2.56. The molecule has 0 spiro atoms. The Kier molecular flexibility index (Phi) is 3.86. The monoisotopic (exact) mass is 207 g/mol. The summed E-state index contributed by atoms with van der Waals surface area (Å²) < 4.78 is 0. The predicted octanol–water partition coefficient (Wildman–Crippen LogP) is 2.28. The van der Waals surface area contributed by atoms with Crippen molar-refractivity contribution < 1.29 is 9.90 Å². The van der Waals surface area contributed by atoms with Gasteiger partial charge in [-0.05, 0) is 17.5 Å². The molecule has 1 aliphatic rings. The topological polar surface area (TPSA) is 63.3 Å². The Balaban J connectivity index is 0.000000531. The molecule has 1 aromatic rings. The first kappa shape index (κ1) is 11.7. The Morgan fingerprint density at radius 2 is 1.87 bits per heavy atom.